The van der Waals surface area contributed by atoms with E-state index in [1.54, 1.807) is 11.5 Å². The van der Waals surface area contributed by atoms with Gasteiger partial charge in [0.05, 0.1) is 0 Å². The Bertz CT molecular complexity index is 832. The summed E-state index contributed by atoms with van der Waals surface area (Å²) in [4.78, 5) is 4.15. The molecule has 0 N–H and O–H groups in total. The van der Waals surface area contributed by atoms with E-state index in [1.807, 2.05) is 6.92 Å². The van der Waals surface area contributed by atoms with Gasteiger partial charge >= 0.3 is 0 Å². The van der Waals surface area contributed by atoms with Gasteiger partial charge in [-0.15, -0.1) is 0 Å². The first-order valence-corrected chi connectivity index (χ1v) is 8.81. The minimum absolute atomic E-state index is 0.0108. The SMILES string of the molecule is CCn1cc(S(=O)(=O)N2CCOc3ccc(F)cc3C2)nc1C. The number of hydrogen-bond acceptors (Lipinski definition) is 4. The molecule has 1 aliphatic rings. The van der Waals surface area contributed by atoms with Gasteiger partial charge in [-0.3, -0.25) is 0 Å². The summed E-state index contributed by atoms with van der Waals surface area (Å²) in [6.07, 6.45) is 1.53. The second-order valence-corrected chi connectivity index (χ2v) is 7.24. The highest BCUT2D eigenvalue weighted by Gasteiger charge is 2.30. The first kappa shape index (κ1) is 15.9. The van der Waals surface area contributed by atoms with Crippen LogP contribution in [0.25, 0.3) is 0 Å². The average Bonchev–Trinajstić information content (AvgIpc) is 2.76. The fourth-order valence-electron chi connectivity index (χ4n) is 2.60. The molecule has 1 aliphatic heterocycles. The first-order valence-electron chi connectivity index (χ1n) is 7.37. The summed E-state index contributed by atoms with van der Waals surface area (Å²) in [5.74, 6) is 0.737. The predicted octanol–water partition coefficient (Wildman–Crippen LogP) is 1.93. The van der Waals surface area contributed by atoms with Crippen LogP contribution in [0.2, 0.25) is 0 Å². The summed E-state index contributed by atoms with van der Waals surface area (Å²) in [6, 6.07) is 4.13. The van der Waals surface area contributed by atoms with Crippen LogP contribution in [-0.2, 0) is 23.1 Å². The Morgan fingerprint density at radius 1 is 1.39 bits per heavy atom. The molecule has 8 heteroatoms. The van der Waals surface area contributed by atoms with Gasteiger partial charge in [-0.2, -0.15) is 4.31 Å². The van der Waals surface area contributed by atoms with Crippen molar-refractivity contribution in [1.82, 2.24) is 13.9 Å². The van der Waals surface area contributed by atoms with E-state index in [4.69, 9.17) is 4.74 Å². The minimum atomic E-state index is -3.75. The lowest BCUT2D eigenvalue weighted by atomic mass is 10.2. The number of rotatable bonds is 3. The summed E-state index contributed by atoms with van der Waals surface area (Å²) in [7, 11) is -3.75. The van der Waals surface area contributed by atoms with Gasteiger partial charge in [0.15, 0.2) is 5.03 Å². The van der Waals surface area contributed by atoms with Crippen LogP contribution in [-0.4, -0.2) is 35.4 Å². The zero-order valence-corrected chi connectivity index (χ0v) is 13.8. The van der Waals surface area contributed by atoms with E-state index >= 15 is 0 Å². The fourth-order valence-corrected chi connectivity index (χ4v) is 4.00. The van der Waals surface area contributed by atoms with Crippen LogP contribution in [0.3, 0.4) is 0 Å². The number of aryl methyl sites for hydroxylation is 2. The maximum absolute atomic E-state index is 13.4. The molecular weight excluding hydrogens is 321 g/mol. The molecule has 1 aromatic heterocycles. The Hall–Kier alpha value is -1.93. The van der Waals surface area contributed by atoms with Crippen molar-refractivity contribution in [2.24, 2.45) is 0 Å². The third-order valence-electron chi connectivity index (χ3n) is 3.87. The number of ether oxygens (including phenoxy) is 1. The molecule has 0 bridgehead atoms. The monoisotopic (exact) mass is 339 g/mol. The predicted molar refractivity (Wildman–Crippen MR) is 82.1 cm³/mol. The zero-order valence-electron chi connectivity index (χ0n) is 13.0. The summed E-state index contributed by atoms with van der Waals surface area (Å²) in [5, 5.41) is 0.0108. The number of fused-ring (bicyclic) bond motifs is 1. The molecule has 2 heterocycles. The van der Waals surface area contributed by atoms with Gasteiger partial charge in [-0.25, -0.2) is 17.8 Å². The van der Waals surface area contributed by atoms with Crippen LogP contribution in [0.1, 0.15) is 18.3 Å². The summed E-state index contributed by atoms with van der Waals surface area (Å²) >= 11 is 0. The van der Waals surface area contributed by atoms with Crippen LogP contribution in [0.15, 0.2) is 29.4 Å². The molecule has 23 heavy (non-hydrogen) atoms. The molecule has 2 aromatic rings. The second-order valence-electron chi connectivity index (χ2n) is 5.35. The lowest BCUT2D eigenvalue weighted by Gasteiger charge is -2.17. The topological polar surface area (TPSA) is 64.4 Å². The molecule has 124 valence electrons. The first-order chi connectivity index (χ1) is 10.9. The number of aromatic nitrogens is 2. The van der Waals surface area contributed by atoms with Crippen molar-refractivity contribution in [1.29, 1.82) is 0 Å². The quantitative estimate of drug-likeness (QED) is 0.857. The fraction of sp³-hybridized carbons (Fsp3) is 0.400. The van der Waals surface area contributed by atoms with Gasteiger partial charge in [0.1, 0.15) is 24.0 Å². The van der Waals surface area contributed by atoms with E-state index in [1.165, 1.54) is 28.7 Å². The summed E-state index contributed by atoms with van der Waals surface area (Å²) < 4.78 is 47.6. The van der Waals surface area contributed by atoms with E-state index in [-0.39, 0.29) is 24.7 Å². The van der Waals surface area contributed by atoms with E-state index < -0.39 is 15.8 Å². The Kier molecular flexibility index (Phi) is 4.11. The Balaban J connectivity index is 1.96. The van der Waals surface area contributed by atoms with Gasteiger partial charge in [0.2, 0.25) is 0 Å². The van der Waals surface area contributed by atoms with Crippen LogP contribution >= 0.6 is 0 Å². The second kappa shape index (κ2) is 5.93. The molecule has 3 rings (SSSR count). The Morgan fingerprint density at radius 3 is 2.87 bits per heavy atom. The van der Waals surface area contributed by atoms with Gasteiger partial charge in [-0.1, -0.05) is 0 Å². The largest absolute Gasteiger partial charge is 0.492 e. The van der Waals surface area contributed by atoms with Crippen LogP contribution in [0.5, 0.6) is 5.75 Å². The van der Waals surface area contributed by atoms with Crippen LogP contribution in [0.4, 0.5) is 4.39 Å². The molecule has 0 spiro atoms. The van der Waals surface area contributed by atoms with Crippen LogP contribution in [0, 0.1) is 12.7 Å². The van der Waals surface area contributed by atoms with E-state index in [0.29, 0.717) is 23.7 Å². The lowest BCUT2D eigenvalue weighted by molar-refractivity contribution is 0.292. The molecule has 0 unspecified atom stereocenters. The lowest BCUT2D eigenvalue weighted by Crippen LogP contribution is -2.32. The van der Waals surface area contributed by atoms with E-state index in [9.17, 15) is 12.8 Å². The molecule has 1 aromatic carbocycles. The zero-order chi connectivity index (χ0) is 16.6. The van der Waals surface area contributed by atoms with E-state index in [0.717, 1.165) is 0 Å². The van der Waals surface area contributed by atoms with Crippen LogP contribution < -0.4 is 4.74 Å². The molecule has 0 saturated carbocycles. The molecule has 0 radical (unpaired) electrons. The normalized spacial score (nSPS) is 15.8. The number of hydrogen-bond donors (Lipinski definition) is 0. The highest BCUT2D eigenvalue weighted by atomic mass is 32.2. The van der Waals surface area contributed by atoms with Crippen molar-refractivity contribution in [2.75, 3.05) is 13.2 Å². The summed E-state index contributed by atoms with van der Waals surface area (Å²) in [5.41, 5.74) is 0.512. The molecule has 0 atom stereocenters. The minimum Gasteiger partial charge on any atom is -0.492 e. The number of halogens is 1. The smallest absolute Gasteiger partial charge is 0.262 e. The number of sulfonamides is 1. The summed E-state index contributed by atoms with van der Waals surface area (Å²) in [6.45, 7) is 4.80. The van der Waals surface area contributed by atoms with Crippen molar-refractivity contribution < 1.29 is 17.5 Å². The Labute approximate surface area is 134 Å². The van der Waals surface area contributed by atoms with E-state index in [2.05, 4.69) is 4.98 Å². The maximum Gasteiger partial charge on any atom is 0.262 e. The van der Waals surface area contributed by atoms with Gasteiger partial charge in [0, 0.05) is 31.4 Å². The van der Waals surface area contributed by atoms with Gasteiger partial charge in [0.25, 0.3) is 10.0 Å². The van der Waals surface area contributed by atoms with Crippen molar-refractivity contribution in [3.05, 3.63) is 41.6 Å². The van der Waals surface area contributed by atoms with Crippen molar-refractivity contribution in [2.45, 2.75) is 32.0 Å². The molecule has 6 nitrogen and oxygen atoms in total. The molecule has 0 fully saturated rings. The molecular formula is C15H18FN3O3S. The van der Waals surface area contributed by atoms with Gasteiger partial charge < -0.3 is 9.30 Å². The number of imidazole rings is 1. The number of nitrogens with zero attached hydrogens (tertiary/aromatic N) is 3. The average molecular weight is 339 g/mol. The van der Waals surface area contributed by atoms with Gasteiger partial charge in [-0.05, 0) is 32.0 Å². The third kappa shape index (κ3) is 2.96. The van der Waals surface area contributed by atoms with Crippen molar-refractivity contribution in [3.63, 3.8) is 0 Å². The molecule has 0 aliphatic carbocycles. The van der Waals surface area contributed by atoms with Crippen molar-refractivity contribution in [3.8, 4) is 5.75 Å². The Morgan fingerprint density at radius 2 is 2.17 bits per heavy atom. The third-order valence-corrected chi connectivity index (χ3v) is 5.58. The standard InChI is InChI=1S/C15H18FN3O3S/c1-3-18-10-15(17-11(18)2)23(20,21)19-6-7-22-14-5-4-13(16)8-12(14)9-19/h4-5,8,10H,3,6-7,9H2,1-2H3. The maximum atomic E-state index is 13.4. The highest BCUT2D eigenvalue weighted by Crippen LogP contribution is 2.27. The van der Waals surface area contributed by atoms with Crippen molar-refractivity contribution >= 4 is 10.0 Å². The highest BCUT2D eigenvalue weighted by molar-refractivity contribution is 7.89. The molecule has 0 amide bonds. The molecule has 0 saturated heterocycles. The number of benzene rings is 1.